The molecule has 0 heterocycles. The van der Waals surface area contributed by atoms with Crippen LogP contribution in [0.4, 0.5) is 0 Å². The second-order valence-corrected chi connectivity index (χ2v) is 2.40. The molecule has 2 heteroatoms. The molecule has 11 heavy (non-hydrogen) atoms. The Labute approximate surface area is 66.2 Å². The van der Waals surface area contributed by atoms with E-state index in [4.69, 9.17) is 0 Å². The zero-order valence-corrected chi connectivity index (χ0v) is 6.66. The summed E-state index contributed by atoms with van der Waals surface area (Å²) in [5, 5.41) is 11.0. The monoisotopic (exact) mass is 148 g/mol. The van der Waals surface area contributed by atoms with E-state index in [2.05, 4.69) is 4.99 Å². The Kier molecular flexibility index (Phi) is 2.26. The maximum absolute atomic E-state index is 11.0. The van der Waals surface area contributed by atoms with E-state index < -0.39 is 0 Å². The minimum absolute atomic E-state index is 0.159. The average molecular weight is 148 g/mol. The van der Waals surface area contributed by atoms with Crippen molar-refractivity contribution in [3.63, 3.8) is 0 Å². The maximum Gasteiger partial charge on any atom is 0.0270 e. The molecule has 0 aliphatic rings. The fraction of sp³-hybridized carbons (Fsp3) is 0.222. The molecule has 0 saturated heterocycles. The molecule has 0 fully saturated rings. The highest BCUT2D eigenvalue weighted by molar-refractivity contribution is 5.90. The first-order chi connectivity index (χ1) is 5.24. The summed E-state index contributed by atoms with van der Waals surface area (Å²) in [4.78, 5) is 3.56. The Morgan fingerprint density at radius 2 is 2.18 bits per heavy atom. The van der Waals surface area contributed by atoms with E-state index in [1.165, 1.54) is 7.05 Å². The predicted molar refractivity (Wildman–Crippen MR) is 43.6 cm³/mol. The van der Waals surface area contributed by atoms with Gasteiger partial charge in [0.15, 0.2) is 0 Å². The molecule has 0 radical (unpaired) electrons. The lowest BCUT2D eigenvalue weighted by Gasteiger charge is -2.09. The third-order valence-corrected chi connectivity index (χ3v) is 1.47. The number of nitrogens with zero attached hydrogens (tertiary/aromatic N) is 1. The van der Waals surface area contributed by atoms with Crippen LogP contribution in [0.3, 0.4) is 0 Å². The van der Waals surface area contributed by atoms with Crippen LogP contribution in [0.15, 0.2) is 29.3 Å². The van der Waals surface area contributed by atoms with E-state index in [0.717, 1.165) is 5.56 Å². The lowest BCUT2D eigenvalue weighted by atomic mass is 10.1. The van der Waals surface area contributed by atoms with Crippen LogP contribution in [0.1, 0.15) is 11.1 Å². The highest BCUT2D eigenvalue weighted by Crippen LogP contribution is 2.02. The highest BCUT2D eigenvalue weighted by atomic mass is 16.3. The topological polar surface area (TPSA) is 35.4 Å². The van der Waals surface area contributed by atoms with Crippen molar-refractivity contribution in [2.24, 2.45) is 4.99 Å². The van der Waals surface area contributed by atoms with E-state index in [1.54, 1.807) is 6.07 Å². The van der Waals surface area contributed by atoms with Gasteiger partial charge in [0.05, 0.1) is 0 Å². The number of aliphatic imine (C=N–C) groups is 1. The maximum atomic E-state index is 11.0. The first-order valence-corrected chi connectivity index (χ1v) is 3.45. The molecule has 0 bridgehead atoms. The molecule has 0 aromatic heterocycles. The van der Waals surface area contributed by atoms with Gasteiger partial charge in [0.2, 0.25) is 0 Å². The highest BCUT2D eigenvalue weighted by Gasteiger charge is 1.89. The van der Waals surface area contributed by atoms with Gasteiger partial charge in [0.25, 0.3) is 0 Å². The zero-order valence-electron chi connectivity index (χ0n) is 6.66. The Morgan fingerprint density at radius 1 is 1.45 bits per heavy atom. The molecule has 1 rings (SSSR count). The molecule has 0 aliphatic heterocycles. The van der Waals surface area contributed by atoms with E-state index in [9.17, 15) is 5.11 Å². The van der Waals surface area contributed by atoms with Gasteiger partial charge in [0, 0.05) is 7.05 Å². The molecule has 2 nitrogen and oxygen atoms in total. The molecule has 0 unspecified atom stereocenters. The second kappa shape index (κ2) is 3.19. The molecule has 0 amide bonds. The molecule has 58 valence electrons. The van der Waals surface area contributed by atoms with E-state index in [1.807, 2.05) is 25.1 Å². The molecular weight excluding hydrogens is 138 g/mol. The molecule has 0 N–H and O–H groups in total. The summed E-state index contributed by atoms with van der Waals surface area (Å²) in [5.41, 5.74) is 1.74. The Balaban J connectivity index is 3.06. The standard InChI is InChI=1S/C9H11NO/c1-7-4-3-5-8(6-7)9(11)10-2/h3-6H,1-2H3,(H,10,11)/p-1. The van der Waals surface area contributed by atoms with Gasteiger partial charge >= 0.3 is 0 Å². The normalized spacial score (nSPS) is 11.6. The third-order valence-electron chi connectivity index (χ3n) is 1.47. The third kappa shape index (κ3) is 1.80. The van der Waals surface area contributed by atoms with Crippen LogP contribution in [0.5, 0.6) is 0 Å². The van der Waals surface area contributed by atoms with Gasteiger partial charge in [-0.25, -0.2) is 0 Å². The van der Waals surface area contributed by atoms with Gasteiger partial charge < -0.3 is 10.1 Å². The van der Waals surface area contributed by atoms with Crippen LogP contribution in [0.2, 0.25) is 0 Å². The van der Waals surface area contributed by atoms with Gasteiger partial charge in [-0.1, -0.05) is 29.8 Å². The quantitative estimate of drug-likeness (QED) is 0.427. The molecule has 1 aromatic rings. The fourth-order valence-corrected chi connectivity index (χ4v) is 0.907. The molecule has 0 spiro atoms. The molecule has 1 aromatic carbocycles. The smallest absolute Gasteiger partial charge is 0.0270 e. The number of hydrogen-bond donors (Lipinski definition) is 0. The number of aryl methyl sites for hydroxylation is 1. The number of benzene rings is 1. The van der Waals surface area contributed by atoms with Crippen molar-refractivity contribution in [2.45, 2.75) is 6.92 Å². The summed E-state index contributed by atoms with van der Waals surface area (Å²) in [5.74, 6) is -0.159. The van der Waals surface area contributed by atoms with Crippen molar-refractivity contribution in [3.8, 4) is 0 Å². The minimum atomic E-state index is -0.159. The largest absolute Gasteiger partial charge is 0.859 e. The van der Waals surface area contributed by atoms with Crippen LogP contribution >= 0.6 is 0 Å². The molecular formula is C9H10NO-. The fourth-order valence-electron chi connectivity index (χ4n) is 0.907. The van der Waals surface area contributed by atoms with Crippen molar-refractivity contribution in [1.82, 2.24) is 0 Å². The number of hydrogen-bond acceptors (Lipinski definition) is 2. The second-order valence-electron chi connectivity index (χ2n) is 2.40. The molecule has 0 saturated carbocycles. The van der Waals surface area contributed by atoms with Crippen LogP contribution in [-0.2, 0) is 0 Å². The lowest BCUT2D eigenvalue weighted by molar-refractivity contribution is -0.213. The van der Waals surface area contributed by atoms with Crippen molar-refractivity contribution < 1.29 is 5.11 Å². The molecule has 0 atom stereocenters. The van der Waals surface area contributed by atoms with Gasteiger partial charge in [0.1, 0.15) is 0 Å². The number of rotatable bonds is 1. The summed E-state index contributed by atoms with van der Waals surface area (Å²) >= 11 is 0. The predicted octanol–water partition coefficient (Wildman–Crippen LogP) is 0.732. The summed E-state index contributed by atoms with van der Waals surface area (Å²) in [7, 11) is 1.50. The van der Waals surface area contributed by atoms with Crippen LogP contribution < -0.4 is 5.11 Å². The zero-order chi connectivity index (χ0) is 8.27. The SMILES string of the molecule is CN=C([O-])c1cccc(C)c1. The summed E-state index contributed by atoms with van der Waals surface area (Å²) in [6, 6.07) is 7.40. The van der Waals surface area contributed by atoms with Gasteiger partial charge in [-0.3, -0.25) is 0 Å². The van der Waals surface area contributed by atoms with E-state index in [0.29, 0.717) is 5.56 Å². The van der Waals surface area contributed by atoms with Gasteiger partial charge in [-0.2, -0.15) is 0 Å². The Hall–Kier alpha value is -1.31. The van der Waals surface area contributed by atoms with Gasteiger partial charge in [-0.05, 0) is 18.4 Å². The van der Waals surface area contributed by atoms with E-state index >= 15 is 0 Å². The van der Waals surface area contributed by atoms with Crippen molar-refractivity contribution >= 4 is 5.90 Å². The molecule has 0 aliphatic carbocycles. The van der Waals surface area contributed by atoms with Crippen LogP contribution in [-0.4, -0.2) is 12.9 Å². The summed E-state index contributed by atoms with van der Waals surface area (Å²) in [6.07, 6.45) is 0. The first kappa shape index (κ1) is 7.79. The van der Waals surface area contributed by atoms with Crippen LogP contribution in [0, 0.1) is 6.92 Å². The van der Waals surface area contributed by atoms with Crippen molar-refractivity contribution in [3.05, 3.63) is 35.4 Å². The van der Waals surface area contributed by atoms with Crippen LogP contribution in [0.25, 0.3) is 0 Å². The minimum Gasteiger partial charge on any atom is -0.859 e. The summed E-state index contributed by atoms with van der Waals surface area (Å²) in [6.45, 7) is 1.95. The van der Waals surface area contributed by atoms with E-state index in [-0.39, 0.29) is 5.90 Å². The Bertz CT molecular complexity index is 279. The first-order valence-electron chi connectivity index (χ1n) is 3.45. The average Bonchev–Trinajstić information content (AvgIpc) is 2.03. The van der Waals surface area contributed by atoms with Crippen molar-refractivity contribution in [1.29, 1.82) is 0 Å². The Morgan fingerprint density at radius 3 is 2.73 bits per heavy atom. The lowest BCUT2D eigenvalue weighted by Crippen LogP contribution is -2.18. The van der Waals surface area contributed by atoms with Crippen molar-refractivity contribution in [2.75, 3.05) is 7.05 Å². The summed E-state index contributed by atoms with van der Waals surface area (Å²) < 4.78 is 0. The van der Waals surface area contributed by atoms with Gasteiger partial charge in [-0.15, -0.1) is 0 Å².